The minimum Gasteiger partial charge on any atom is -0.487 e. The Morgan fingerprint density at radius 3 is 1.52 bits per heavy atom. The van der Waals surface area contributed by atoms with Crippen LogP contribution >= 0.6 is 0 Å². The molecule has 0 radical (unpaired) electrons. The molecule has 1 nitrogen and oxygen atoms in total. The van der Waals surface area contributed by atoms with Gasteiger partial charge in [-0.2, -0.15) is 0 Å². The van der Waals surface area contributed by atoms with Gasteiger partial charge in [0.1, 0.15) is 11.4 Å². The number of aryl methyl sites for hydroxylation is 2. The molecule has 0 aliphatic carbocycles. The first kappa shape index (κ1) is 25.0. The average molecular weight is 297 g/mol. The van der Waals surface area contributed by atoms with Crippen molar-refractivity contribution >= 4 is 0 Å². The molecule has 0 unspecified atom stereocenters. The van der Waals surface area contributed by atoms with E-state index in [-0.39, 0.29) is 5.60 Å². The van der Waals surface area contributed by atoms with Crippen LogP contribution in [0.4, 0.5) is 0 Å². The lowest BCUT2D eigenvalue weighted by Crippen LogP contribution is -2.24. The van der Waals surface area contributed by atoms with E-state index in [9.17, 15) is 0 Å². The van der Waals surface area contributed by atoms with Gasteiger partial charge in [-0.05, 0) is 38.8 Å². The summed E-state index contributed by atoms with van der Waals surface area (Å²) in [6, 6.07) is 4.31. The van der Waals surface area contributed by atoms with Crippen molar-refractivity contribution < 1.29 is 4.74 Å². The molecule has 0 saturated heterocycles. The topological polar surface area (TPSA) is 9.23 Å². The summed E-state index contributed by atoms with van der Waals surface area (Å²) >= 11 is 0. The molecule has 0 fully saturated rings. The molecule has 1 aromatic carbocycles. The van der Waals surface area contributed by atoms with E-state index in [2.05, 4.69) is 39.8 Å². The van der Waals surface area contributed by atoms with E-state index >= 15 is 0 Å². The SMILES string of the molecule is CC.CC.CC.CC.Cc1ccc(C)c2c1CC(C)(C)O2. The van der Waals surface area contributed by atoms with Gasteiger partial charge >= 0.3 is 0 Å². The number of benzene rings is 1. The van der Waals surface area contributed by atoms with Crippen molar-refractivity contribution in [2.75, 3.05) is 0 Å². The lowest BCUT2D eigenvalue weighted by atomic mass is 9.97. The Balaban J connectivity index is -0.000000353. The average Bonchev–Trinajstić information content (AvgIpc) is 2.88. The fraction of sp³-hybridized carbons (Fsp3) is 0.700. The molecule has 1 heterocycles. The Bertz CT molecular complexity index is 318. The molecular formula is C20H40O. The smallest absolute Gasteiger partial charge is 0.126 e. The second kappa shape index (κ2) is 14.0. The van der Waals surface area contributed by atoms with Crippen molar-refractivity contribution in [3.63, 3.8) is 0 Å². The van der Waals surface area contributed by atoms with Crippen LogP contribution in [0.3, 0.4) is 0 Å². The van der Waals surface area contributed by atoms with E-state index in [1.165, 1.54) is 16.7 Å². The molecule has 1 aromatic rings. The van der Waals surface area contributed by atoms with E-state index in [4.69, 9.17) is 4.74 Å². The highest BCUT2D eigenvalue weighted by Gasteiger charge is 2.31. The third-order valence-electron chi connectivity index (χ3n) is 2.67. The molecule has 1 heteroatoms. The third-order valence-corrected chi connectivity index (χ3v) is 2.67. The molecule has 1 aliphatic heterocycles. The first-order chi connectivity index (χ1) is 9.99. The highest BCUT2D eigenvalue weighted by Crippen LogP contribution is 2.38. The van der Waals surface area contributed by atoms with Crippen LogP contribution in [0.15, 0.2) is 12.1 Å². The summed E-state index contributed by atoms with van der Waals surface area (Å²) in [4.78, 5) is 0. The Morgan fingerprint density at radius 2 is 1.14 bits per heavy atom. The predicted octanol–water partition coefficient (Wildman–Crippen LogP) is 7.12. The molecule has 126 valence electrons. The molecule has 2 rings (SSSR count). The van der Waals surface area contributed by atoms with Crippen molar-refractivity contribution in [3.8, 4) is 5.75 Å². The van der Waals surface area contributed by atoms with Gasteiger partial charge in [-0.25, -0.2) is 0 Å². The fourth-order valence-electron chi connectivity index (χ4n) is 1.94. The minimum absolute atomic E-state index is 0.0147. The first-order valence-corrected chi connectivity index (χ1v) is 8.78. The molecular weight excluding hydrogens is 256 g/mol. The summed E-state index contributed by atoms with van der Waals surface area (Å²) in [5.74, 6) is 1.12. The van der Waals surface area contributed by atoms with Crippen LogP contribution in [0.5, 0.6) is 5.75 Å². The van der Waals surface area contributed by atoms with Crippen molar-refractivity contribution in [1.29, 1.82) is 0 Å². The van der Waals surface area contributed by atoms with Crippen LogP contribution in [-0.2, 0) is 6.42 Å². The molecule has 1 aliphatic rings. The van der Waals surface area contributed by atoms with Gasteiger partial charge < -0.3 is 4.74 Å². The fourth-order valence-corrected chi connectivity index (χ4v) is 1.94. The summed E-state index contributed by atoms with van der Waals surface area (Å²) in [6.07, 6.45) is 1.04. The number of rotatable bonds is 0. The monoisotopic (exact) mass is 296 g/mol. The van der Waals surface area contributed by atoms with Crippen molar-refractivity contribution in [2.45, 2.75) is 95.1 Å². The molecule has 0 N–H and O–H groups in total. The van der Waals surface area contributed by atoms with E-state index in [0.29, 0.717) is 0 Å². The quantitative estimate of drug-likeness (QED) is 0.495. The number of hydrogen-bond acceptors (Lipinski definition) is 1. The van der Waals surface area contributed by atoms with Crippen LogP contribution < -0.4 is 4.74 Å². The standard InChI is InChI=1S/C12H16O.4C2H6/c1-8-5-6-9(2)11-10(8)7-12(3,4)13-11;4*1-2/h5-6H,7H2,1-4H3;4*1-2H3. The molecule has 0 spiro atoms. The molecule has 0 amide bonds. The van der Waals surface area contributed by atoms with Crippen LogP contribution in [0.2, 0.25) is 0 Å². The second-order valence-corrected chi connectivity index (χ2v) is 4.55. The van der Waals surface area contributed by atoms with Gasteiger partial charge in [0.2, 0.25) is 0 Å². The highest BCUT2D eigenvalue weighted by molar-refractivity contribution is 5.49. The van der Waals surface area contributed by atoms with Gasteiger partial charge in [0.15, 0.2) is 0 Å². The number of ether oxygens (including phenoxy) is 1. The van der Waals surface area contributed by atoms with Gasteiger partial charge in [-0.1, -0.05) is 67.5 Å². The summed E-state index contributed by atoms with van der Waals surface area (Å²) in [5, 5.41) is 0. The molecule has 0 bridgehead atoms. The summed E-state index contributed by atoms with van der Waals surface area (Å²) in [7, 11) is 0. The first-order valence-electron chi connectivity index (χ1n) is 8.78. The highest BCUT2D eigenvalue weighted by atomic mass is 16.5. The predicted molar refractivity (Wildman–Crippen MR) is 99.7 cm³/mol. The summed E-state index contributed by atoms with van der Waals surface area (Å²) < 4.78 is 5.91. The minimum atomic E-state index is -0.0147. The maximum atomic E-state index is 5.91. The van der Waals surface area contributed by atoms with Gasteiger partial charge in [0.05, 0.1) is 0 Å². The zero-order chi connectivity index (χ0) is 17.6. The summed E-state index contributed by atoms with van der Waals surface area (Å²) in [5.41, 5.74) is 3.99. The van der Waals surface area contributed by atoms with E-state index in [0.717, 1.165) is 12.2 Å². The zero-order valence-electron chi connectivity index (χ0n) is 16.8. The number of fused-ring (bicyclic) bond motifs is 1. The van der Waals surface area contributed by atoms with E-state index < -0.39 is 0 Å². The van der Waals surface area contributed by atoms with E-state index in [1.807, 2.05) is 55.4 Å². The summed E-state index contributed by atoms with van der Waals surface area (Å²) in [6.45, 7) is 24.6. The van der Waals surface area contributed by atoms with Crippen molar-refractivity contribution in [3.05, 3.63) is 28.8 Å². The van der Waals surface area contributed by atoms with Gasteiger partial charge in [0, 0.05) is 12.0 Å². The number of hydrogen-bond donors (Lipinski definition) is 0. The molecule has 0 saturated carbocycles. The maximum Gasteiger partial charge on any atom is 0.126 e. The largest absolute Gasteiger partial charge is 0.487 e. The van der Waals surface area contributed by atoms with Gasteiger partial charge in [-0.15, -0.1) is 0 Å². The third kappa shape index (κ3) is 8.14. The Hall–Kier alpha value is -0.980. The second-order valence-electron chi connectivity index (χ2n) is 4.55. The van der Waals surface area contributed by atoms with Crippen LogP contribution in [0.1, 0.15) is 85.9 Å². The molecule has 0 atom stereocenters. The van der Waals surface area contributed by atoms with Crippen LogP contribution in [0, 0.1) is 13.8 Å². The lowest BCUT2D eigenvalue weighted by molar-refractivity contribution is 0.137. The molecule has 21 heavy (non-hydrogen) atoms. The van der Waals surface area contributed by atoms with Crippen LogP contribution in [-0.4, -0.2) is 5.60 Å². The Labute approximate surface area is 135 Å². The van der Waals surface area contributed by atoms with Crippen molar-refractivity contribution in [2.24, 2.45) is 0 Å². The maximum absolute atomic E-state index is 5.91. The van der Waals surface area contributed by atoms with Crippen LogP contribution in [0.25, 0.3) is 0 Å². The lowest BCUT2D eigenvalue weighted by Gasteiger charge is -2.17. The normalized spacial score (nSPS) is 12.4. The van der Waals surface area contributed by atoms with Gasteiger partial charge in [0.25, 0.3) is 0 Å². The molecule has 0 aromatic heterocycles. The van der Waals surface area contributed by atoms with E-state index in [1.54, 1.807) is 0 Å². The Morgan fingerprint density at radius 1 is 0.762 bits per heavy atom. The Kier molecular flexibility index (Phi) is 16.6. The zero-order valence-corrected chi connectivity index (χ0v) is 16.8. The van der Waals surface area contributed by atoms with Gasteiger partial charge in [-0.3, -0.25) is 0 Å². The van der Waals surface area contributed by atoms with Crippen molar-refractivity contribution in [1.82, 2.24) is 0 Å².